The number of H-pyrrole nitrogens is 1. The number of hydrogen-bond acceptors (Lipinski definition) is 3. The Balaban J connectivity index is -0.0000000204. The molecule has 0 radical (unpaired) electrons. The molecule has 0 aliphatic heterocycles. The van der Waals surface area contributed by atoms with Gasteiger partial charge in [0.1, 0.15) is 6.33 Å². The molecule has 0 saturated carbocycles. The third-order valence-electron chi connectivity index (χ3n) is 0.504. The maximum absolute atomic E-state index is 4.61. The van der Waals surface area contributed by atoms with Crippen molar-refractivity contribution in [2.45, 2.75) is 0 Å². The Bertz CT molecular complexity index is 195. The van der Waals surface area contributed by atoms with Crippen molar-refractivity contribution in [1.29, 1.82) is 0 Å². The SMILES string of the molecule is S=c1ncnc[nH]1.[H-].[H-].[H-].[Na+].[Na+].[Na+]. The van der Waals surface area contributed by atoms with E-state index < -0.39 is 0 Å². The molecular formula is C3H6N3Na3S. The van der Waals surface area contributed by atoms with E-state index in [1.54, 1.807) is 0 Å². The van der Waals surface area contributed by atoms with Crippen LogP contribution in [-0.2, 0) is 0 Å². The Morgan fingerprint density at radius 1 is 1.40 bits per heavy atom. The van der Waals surface area contributed by atoms with E-state index in [9.17, 15) is 0 Å². The minimum atomic E-state index is 0. The molecule has 42 valence electrons. The molecule has 0 spiro atoms. The van der Waals surface area contributed by atoms with Gasteiger partial charge >= 0.3 is 88.7 Å². The summed E-state index contributed by atoms with van der Waals surface area (Å²) in [4.78, 5) is 9.86. The molecule has 0 aliphatic carbocycles. The summed E-state index contributed by atoms with van der Waals surface area (Å²) in [5.74, 6) is 0. The van der Waals surface area contributed by atoms with Gasteiger partial charge in [0.2, 0.25) is 0 Å². The molecule has 0 amide bonds. The van der Waals surface area contributed by atoms with Crippen LogP contribution in [0.3, 0.4) is 0 Å². The summed E-state index contributed by atoms with van der Waals surface area (Å²) in [6.07, 6.45) is 2.90. The fourth-order valence-electron chi connectivity index (χ4n) is 0.249. The van der Waals surface area contributed by atoms with Crippen molar-refractivity contribution in [2.75, 3.05) is 0 Å². The maximum atomic E-state index is 4.61. The smallest absolute Gasteiger partial charge is 1.00 e. The molecule has 3 nitrogen and oxygen atoms in total. The van der Waals surface area contributed by atoms with Crippen LogP contribution in [0.5, 0.6) is 0 Å². The van der Waals surface area contributed by atoms with Crippen LogP contribution in [0.25, 0.3) is 0 Å². The van der Waals surface area contributed by atoms with Crippen LogP contribution in [0.15, 0.2) is 12.7 Å². The average molecular weight is 185 g/mol. The summed E-state index contributed by atoms with van der Waals surface area (Å²) < 4.78 is 0.468. The van der Waals surface area contributed by atoms with Crippen molar-refractivity contribution in [3.8, 4) is 0 Å². The van der Waals surface area contributed by atoms with Crippen LogP contribution in [0, 0.1) is 4.77 Å². The topological polar surface area (TPSA) is 41.6 Å². The van der Waals surface area contributed by atoms with E-state index in [1.807, 2.05) is 0 Å². The van der Waals surface area contributed by atoms with Gasteiger partial charge in [-0.25, -0.2) is 9.97 Å². The second-order valence-electron chi connectivity index (χ2n) is 0.972. The predicted molar refractivity (Wildman–Crippen MR) is 30.6 cm³/mol. The minimum absolute atomic E-state index is 0. The first-order valence-electron chi connectivity index (χ1n) is 1.74. The van der Waals surface area contributed by atoms with Crippen LogP contribution in [0.4, 0.5) is 0 Å². The average Bonchev–Trinajstić information content (AvgIpc) is 1.69. The van der Waals surface area contributed by atoms with Crippen molar-refractivity contribution in [3.05, 3.63) is 17.4 Å². The number of aromatic amines is 1. The van der Waals surface area contributed by atoms with Gasteiger partial charge in [-0.05, 0) is 12.2 Å². The third kappa shape index (κ3) is 8.33. The van der Waals surface area contributed by atoms with E-state index >= 15 is 0 Å². The summed E-state index contributed by atoms with van der Waals surface area (Å²) in [7, 11) is 0. The van der Waals surface area contributed by atoms with Gasteiger partial charge in [-0.2, -0.15) is 0 Å². The quantitative estimate of drug-likeness (QED) is 0.322. The summed E-state index contributed by atoms with van der Waals surface area (Å²) >= 11 is 4.61. The number of nitrogens with zero attached hydrogens (tertiary/aromatic N) is 2. The molecule has 1 heterocycles. The Morgan fingerprint density at radius 3 is 2.20 bits per heavy atom. The van der Waals surface area contributed by atoms with Gasteiger partial charge in [0.15, 0.2) is 4.77 Å². The molecule has 0 aromatic carbocycles. The standard InChI is InChI=1S/C3H3N3S.3Na.3H/c7-3-5-1-4-2-6-3;;;;;;/h1-2H,(H,4,5,6,7);;;;;;/q;3*+1;3*-1. The normalized spacial score (nSPS) is 6.00. The molecule has 1 aromatic rings. The van der Waals surface area contributed by atoms with E-state index in [0.29, 0.717) is 4.77 Å². The molecule has 0 bridgehead atoms. The van der Waals surface area contributed by atoms with Crippen LogP contribution in [-0.4, -0.2) is 15.0 Å². The second-order valence-corrected chi connectivity index (χ2v) is 1.36. The van der Waals surface area contributed by atoms with Gasteiger partial charge in [-0.3, -0.25) is 0 Å². The largest absolute Gasteiger partial charge is 1.00 e. The van der Waals surface area contributed by atoms with Gasteiger partial charge in [0.25, 0.3) is 0 Å². The monoisotopic (exact) mass is 185 g/mol. The Morgan fingerprint density at radius 2 is 2.00 bits per heavy atom. The molecule has 1 rings (SSSR count). The molecule has 1 aromatic heterocycles. The molecule has 7 heteroatoms. The Hall–Kier alpha value is 2.23. The summed E-state index contributed by atoms with van der Waals surface area (Å²) in [5, 5.41) is 0. The van der Waals surface area contributed by atoms with Crippen molar-refractivity contribution >= 4 is 12.2 Å². The minimum Gasteiger partial charge on any atom is -1.00 e. The first kappa shape index (κ1) is 18.1. The van der Waals surface area contributed by atoms with Crippen LogP contribution >= 0.6 is 12.2 Å². The zero-order chi connectivity index (χ0) is 5.11. The fraction of sp³-hybridized carbons (Fsp3) is 0. The summed E-state index contributed by atoms with van der Waals surface area (Å²) in [6, 6.07) is 0. The van der Waals surface area contributed by atoms with Crippen molar-refractivity contribution in [1.82, 2.24) is 15.0 Å². The van der Waals surface area contributed by atoms with Crippen molar-refractivity contribution in [3.63, 3.8) is 0 Å². The van der Waals surface area contributed by atoms with Gasteiger partial charge in [-0.15, -0.1) is 0 Å². The van der Waals surface area contributed by atoms with Crippen LogP contribution in [0.1, 0.15) is 4.28 Å². The fourth-order valence-corrected chi connectivity index (χ4v) is 0.349. The zero-order valence-electron chi connectivity index (χ0n) is 9.46. The Labute approximate surface area is 135 Å². The molecule has 0 atom stereocenters. The molecule has 10 heavy (non-hydrogen) atoms. The summed E-state index contributed by atoms with van der Waals surface area (Å²) in [5.41, 5.74) is 0. The zero-order valence-corrected chi connectivity index (χ0v) is 13.3. The van der Waals surface area contributed by atoms with Gasteiger partial charge in [-0.1, -0.05) is 0 Å². The van der Waals surface area contributed by atoms with Crippen molar-refractivity contribution in [2.24, 2.45) is 0 Å². The van der Waals surface area contributed by atoms with Crippen molar-refractivity contribution < 1.29 is 93.0 Å². The molecule has 1 N–H and O–H groups in total. The number of hydrogen-bond donors (Lipinski definition) is 1. The predicted octanol–water partition coefficient (Wildman–Crippen LogP) is -8.12. The van der Waals surface area contributed by atoms with E-state index in [-0.39, 0.29) is 93.0 Å². The maximum Gasteiger partial charge on any atom is 1.00 e. The van der Waals surface area contributed by atoms with E-state index in [4.69, 9.17) is 0 Å². The van der Waals surface area contributed by atoms with Crippen LogP contribution in [0.2, 0.25) is 0 Å². The van der Waals surface area contributed by atoms with Gasteiger partial charge < -0.3 is 9.26 Å². The molecule has 0 fully saturated rings. The molecule has 0 unspecified atom stereocenters. The molecule has 0 aliphatic rings. The first-order chi connectivity index (χ1) is 3.39. The Kier molecular flexibility index (Phi) is 20.3. The third-order valence-corrected chi connectivity index (χ3v) is 0.727. The number of nitrogens with one attached hydrogen (secondary N) is 1. The second kappa shape index (κ2) is 11.2. The van der Waals surface area contributed by atoms with Gasteiger partial charge in [0.05, 0.1) is 6.33 Å². The molecule has 0 saturated heterocycles. The van der Waals surface area contributed by atoms with E-state index in [2.05, 4.69) is 27.2 Å². The first-order valence-corrected chi connectivity index (χ1v) is 2.15. The van der Waals surface area contributed by atoms with Gasteiger partial charge in [0, 0.05) is 0 Å². The van der Waals surface area contributed by atoms with E-state index in [0.717, 1.165) is 0 Å². The van der Waals surface area contributed by atoms with Crippen LogP contribution < -0.4 is 88.7 Å². The van der Waals surface area contributed by atoms with E-state index in [1.165, 1.54) is 12.7 Å². The molecular weight excluding hydrogens is 179 g/mol. The summed E-state index contributed by atoms with van der Waals surface area (Å²) in [6.45, 7) is 0. The number of rotatable bonds is 0. The number of aromatic nitrogens is 3.